The molecule has 2 amide bonds. The van der Waals surface area contributed by atoms with Crippen LogP contribution in [0.5, 0.6) is 0 Å². The number of anilines is 2. The van der Waals surface area contributed by atoms with Crippen LogP contribution in [0.15, 0.2) is 89.6 Å². The van der Waals surface area contributed by atoms with E-state index in [1.54, 1.807) is 6.08 Å². The lowest BCUT2D eigenvalue weighted by atomic mass is 9.99. The molecule has 0 aromatic heterocycles. The van der Waals surface area contributed by atoms with Crippen LogP contribution in [0.2, 0.25) is 0 Å². The summed E-state index contributed by atoms with van der Waals surface area (Å²) in [6.07, 6.45) is 2.75. The van der Waals surface area contributed by atoms with E-state index in [1.807, 2.05) is 54.6 Å². The predicted octanol–water partition coefficient (Wildman–Crippen LogP) is 6.45. The molecule has 0 fully saturated rings. The van der Waals surface area contributed by atoms with Crippen molar-refractivity contribution < 1.29 is 14.0 Å². The summed E-state index contributed by atoms with van der Waals surface area (Å²) in [6, 6.07) is 22.9. The van der Waals surface area contributed by atoms with Crippen molar-refractivity contribution in [2.45, 2.75) is 26.2 Å². The summed E-state index contributed by atoms with van der Waals surface area (Å²) < 4.78 is 13.5. The van der Waals surface area contributed by atoms with E-state index >= 15 is 0 Å². The van der Waals surface area contributed by atoms with Gasteiger partial charge in [0.1, 0.15) is 11.5 Å². The smallest absolute Gasteiger partial charge is 0.283 e. The molecule has 4 rings (SSSR count). The van der Waals surface area contributed by atoms with E-state index in [2.05, 4.69) is 24.2 Å². The Kier molecular flexibility index (Phi) is 7.77. The Morgan fingerprint density at radius 1 is 1.06 bits per heavy atom. The Hall–Kier alpha value is -3.71. The molecule has 0 spiro atoms. The highest BCUT2D eigenvalue weighted by atomic mass is 32.2. The van der Waals surface area contributed by atoms with E-state index in [1.165, 1.54) is 34.7 Å². The van der Waals surface area contributed by atoms with Crippen molar-refractivity contribution in [1.82, 2.24) is 0 Å². The molecule has 0 bridgehead atoms. The fraction of sp³-hybridized carbons (Fsp3) is 0.179. The van der Waals surface area contributed by atoms with Crippen LogP contribution in [-0.4, -0.2) is 22.7 Å². The summed E-state index contributed by atoms with van der Waals surface area (Å²) in [5.74, 6) is -0.408. The van der Waals surface area contributed by atoms with Crippen LogP contribution in [0.1, 0.15) is 37.3 Å². The van der Waals surface area contributed by atoms with Crippen LogP contribution in [0.25, 0.3) is 6.08 Å². The monoisotopic (exact) mass is 487 g/mol. The minimum Gasteiger partial charge on any atom is -0.325 e. The van der Waals surface area contributed by atoms with Gasteiger partial charge in [-0.3, -0.25) is 14.5 Å². The second-order valence-corrected chi connectivity index (χ2v) is 9.16. The van der Waals surface area contributed by atoms with Crippen molar-refractivity contribution in [2.24, 2.45) is 4.99 Å². The molecule has 1 aliphatic rings. The molecule has 1 atom stereocenters. The van der Waals surface area contributed by atoms with Crippen LogP contribution in [-0.2, 0) is 9.59 Å². The lowest BCUT2D eigenvalue weighted by molar-refractivity contribution is -0.114. The zero-order valence-electron chi connectivity index (χ0n) is 19.6. The molecule has 178 valence electrons. The van der Waals surface area contributed by atoms with E-state index in [9.17, 15) is 14.0 Å². The molecule has 5 nitrogen and oxygen atoms in total. The van der Waals surface area contributed by atoms with Gasteiger partial charge in [-0.25, -0.2) is 9.38 Å². The summed E-state index contributed by atoms with van der Waals surface area (Å²) in [6.45, 7) is 4.31. The maximum absolute atomic E-state index is 13.5. The molecule has 7 heteroatoms. The first kappa shape index (κ1) is 24.4. The quantitative estimate of drug-likeness (QED) is 0.389. The average molecular weight is 488 g/mol. The number of nitrogens with one attached hydrogen (secondary N) is 1. The van der Waals surface area contributed by atoms with E-state index < -0.39 is 5.82 Å². The first-order valence-corrected chi connectivity index (χ1v) is 12.4. The molecule has 1 unspecified atom stereocenters. The van der Waals surface area contributed by atoms with Crippen molar-refractivity contribution in [3.8, 4) is 0 Å². The van der Waals surface area contributed by atoms with Gasteiger partial charge in [0.05, 0.1) is 11.4 Å². The largest absolute Gasteiger partial charge is 0.325 e. The van der Waals surface area contributed by atoms with E-state index in [4.69, 9.17) is 0 Å². The van der Waals surface area contributed by atoms with Crippen LogP contribution < -0.4 is 10.2 Å². The summed E-state index contributed by atoms with van der Waals surface area (Å²) in [5.41, 5.74) is 3.52. The van der Waals surface area contributed by atoms with E-state index in [0.717, 1.165) is 23.7 Å². The number of aliphatic imine (C=N–C) groups is 1. The molecule has 3 aromatic rings. The van der Waals surface area contributed by atoms with Gasteiger partial charge in [-0.2, -0.15) is 0 Å². The number of hydrogen-bond donors (Lipinski definition) is 1. The number of carbonyl (C=O) groups excluding carboxylic acids is 2. The molecule has 0 aliphatic carbocycles. The van der Waals surface area contributed by atoms with Crippen LogP contribution >= 0.6 is 11.8 Å². The minimum atomic E-state index is -0.398. The fourth-order valence-corrected chi connectivity index (χ4v) is 4.39. The topological polar surface area (TPSA) is 61.8 Å². The highest BCUT2D eigenvalue weighted by molar-refractivity contribution is 8.14. The fourth-order valence-electron chi connectivity index (χ4n) is 3.58. The molecule has 1 aliphatic heterocycles. The standard InChI is InChI=1S/C28H26FN3O2S/c1-3-19(2)21-9-13-23(14-10-21)30-26(33)18-35-28-31-25(17-20-7-5-4-6-8-20)27(34)32(28)24-15-11-22(29)12-16-24/h4-17,19H,3,18H2,1-2H3,(H,30,33). The molecule has 0 radical (unpaired) electrons. The van der Waals surface area contributed by atoms with Gasteiger partial charge >= 0.3 is 0 Å². The van der Waals surface area contributed by atoms with Gasteiger partial charge in [0.25, 0.3) is 5.91 Å². The molecular formula is C28H26FN3O2S. The number of amides is 2. The summed E-state index contributed by atoms with van der Waals surface area (Å²) >= 11 is 1.16. The molecule has 0 saturated carbocycles. The zero-order valence-corrected chi connectivity index (χ0v) is 20.4. The van der Waals surface area contributed by atoms with Gasteiger partial charge in [-0.1, -0.05) is 68.1 Å². The summed E-state index contributed by atoms with van der Waals surface area (Å²) in [7, 11) is 0. The SMILES string of the molecule is CCC(C)c1ccc(NC(=O)CSC2=NC(=Cc3ccccc3)C(=O)N2c2ccc(F)cc2)cc1. The Morgan fingerprint density at radius 3 is 2.40 bits per heavy atom. The third-order valence-electron chi connectivity index (χ3n) is 5.73. The van der Waals surface area contributed by atoms with Crippen molar-refractivity contribution in [1.29, 1.82) is 0 Å². The predicted molar refractivity (Wildman–Crippen MR) is 142 cm³/mol. The molecule has 3 aromatic carbocycles. The molecular weight excluding hydrogens is 461 g/mol. The Balaban J connectivity index is 1.50. The van der Waals surface area contributed by atoms with E-state index in [0.29, 0.717) is 22.5 Å². The number of benzene rings is 3. The maximum Gasteiger partial charge on any atom is 0.283 e. The molecule has 0 saturated heterocycles. The molecule has 1 heterocycles. The van der Waals surface area contributed by atoms with Gasteiger partial charge in [0, 0.05) is 5.69 Å². The van der Waals surface area contributed by atoms with Crippen molar-refractivity contribution in [3.63, 3.8) is 0 Å². The molecule has 1 N–H and O–H groups in total. The van der Waals surface area contributed by atoms with Gasteiger partial charge in [0.2, 0.25) is 5.91 Å². The Bertz CT molecular complexity index is 1260. The maximum atomic E-state index is 13.5. The van der Waals surface area contributed by atoms with Gasteiger partial charge in [-0.05, 0) is 65.9 Å². The van der Waals surface area contributed by atoms with Crippen molar-refractivity contribution >= 4 is 46.2 Å². The van der Waals surface area contributed by atoms with Gasteiger partial charge in [-0.15, -0.1) is 0 Å². The van der Waals surface area contributed by atoms with Gasteiger partial charge in [0.15, 0.2) is 5.17 Å². The average Bonchev–Trinajstić information content (AvgIpc) is 3.18. The highest BCUT2D eigenvalue weighted by Gasteiger charge is 2.32. The van der Waals surface area contributed by atoms with Crippen LogP contribution in [0, 0.1) is 5.82 Å². The van der Waals surface area contributed by atoms with E-state index in [-0.39, 0.29) is 23.3 Å². The third-order valence-corrected chi connectivity index (χ3v) is 6.66. The number of nitrogens with zero attached hydrogens (tertiary/aromatic N) is 2. The van der Waals surface area contributed by atoms with Gasteiger partial charge < -0.3 is 5.32 Å². The number of hydrogen-bond acceptors (Lipinski definition) is 4. The first-order chi connectivity index (χ1) is 16.9. The van der Waals surface area contributed by atoms with Crippen LogP contribution in [0.3, 0.4) is 0 Å². The minimum absolute atomic E-state index is 0.0650. The number of halogens is 1. The lowest BCUT2D eigenvalue weighted by Crippen LogP contribution is -2.31. The van der Waals surface area contributed by atoms with Crippen molar-refractivity contribution in [2.75, 3.05) is 16.0 Å². The summed E-state index contributed by atoms with van der Waals surface area (Å²) in [5, 5.41) is 3.26. The number of rotatable bonds is 7. The van der Waals surface area contributed by atoms with Crippen LogP contribution in [0.4, 0.5) is 15.8 Å². The summed E-state index contributed by atoms with van der Waals surface area (Å²) in [4.78, 5) is 31.7. The number of carbonyl (C=O) groups is 2. The Morgan fingerprint density at radius 2 is 1.74 bits per heavy atom. The van der Waals surface area contributed by atoms with Crippen molar-refractivity contribution in [3.05, 3.63) is 102 Å². The highest BCUT2D eigenvalue weighted by Crippen LogP contribution is 2.30. The molecule has 35 heavy (non-hydrogen) atoms. The number of thioether (sulfide) groups is 1. The first-order valence-electron chi connectivity index (χ1n) is 11.4. The number of amidine groups is 1. The normalized spacial score (nSPS) is 15.3. The second kappa shape index (κ2) is 11.1. The Labute approximate surface area is 208 Å². The second-order valence-electron chi connectivity index (χ2n) is 8.22. The zero-order chi connectivity index (χ0) is 24.8. The lowest BCUT2D eigenvalue weighted by Gasteiger charge is -2.17. The third kappa shape index (κ3) is 6.05.